The number of cyclic esters (lactones) is 1. The Morgan fingerprint density at radius 2 is 2.17 bits per heavy atom. The number of hydrogen-bond acceptors (Lipinski definition) is 2. The molecule has 0 aliphatic carbocycles. The van der Waals surface area contributed by atoms with Gasteiger partial charge in [0.1, 0.15) is 5.76 Å². The van der Waals surface area contributed by atoms with Gasteiger partial charge in [0.25, 0.3) is 0 Å². The minimum atomic E-state index is -0.230. The van der Waals surface area contributed by atoms with Crippen LogP contribution >= 0.6 is 0 Å². The monoisotopic (exact) mass is 166 g/mol. The molecule has 2 nitrogen and oxygen atoms in total. The fraction of sp³-hybridized carbons (Fsp3) is 0.500. The summed E-state index contributed by atoms with van der Waals surface area (Å²) in [5.74, 6) is 0.317. The number of hydrogen-bond donors (Lipinski definition) is 0. The molecular weight excluding hydrogens is 152 g/mol. The second kappa shape index (κ2) is 3.57. The molecule has 0 spiro atoms. The molecule has 0 aromatic heterocycles. The molecule has 12 heavy (non-hydrogen) atoms. The van der Waals surface area contributed by atoms with Gasteiger partial charge in [0.15, 0.2) is 0 Å². The summed E-state index contributed by atoms with van der Waals surface area (Å²) in [5.41, 5.74) is 1.73. The summed E-state index contributed by atoms with van der Waals surface area (Å²) in [5, 5.41) is 0. The first-order valence-corrected chi connectivity index (χ1v) is 4.28. The molecule has 0 aromatic carbocycles. The Hall–Kier alpha value is -1.05. The summed E-state index contributed by atoms with van der Waals surface area (Å²) in [6.45, 7) is 7.61. The average Bonchev–Trinajstić information content (AvgIpc) is 2.25. The molecule has 0 aromatic rings. The van der Waals surface area contributed by atoms with Gasteiger partial charge in [-0.05, 0) is 19.8 Å². The van der Waals surface area contributed by atoms with Gasteiger partial charge in [-0.1, -0.05) is 19.9 Å². The third-order valence-electron chi connectivity index (χ3n) is 2.09. The Morgan fingerprint density at radius 3 is 2.58 bits per heavy atom. The van der Waals surface area contributed by atoms with Crippen molar-refractivity contribution in [2.24, 2.45) is 0 Å². The van der Waals surface area contributed by atoms with Gasteiger partial charge >= 0.3 is 5.97 Å². The molecule has 0 bridgehead atoms. The van der Waals surface area contributed by atoms with Gasteiger partial charge in [0.05, 0.1) is 0 Å². The standard InChI is InChI=1S/C10H14O2/c1-4-5-6-9-7(2)10(11)12-8(9)3/h3-6H2,1-2H3. The van der Waals surface area contributed by atoms with Gasteiger partial charge < -0.3 is 4.74 Å². The molecule has 1 rings (SSSR count). The predicted molar refractivity (Wildman–Crippen MR) is 47.5 cm³/mol. The molecule has 0 unspecified atom stereocenters. The van der Waals surface area contributed by atoms with Crippen LogP contribution in [0.5, 0.6) is 0 Å². The van der Waals surface area contributed by atoms with Crippen molar-refractivity contribution in [1.29, 1.82) is 0 Å². The van der Waals surface area contributed by atoms with Crippen molar-refractivity contribution in [3.63, 3.8) is 0 Å². The number of unbranched alkanes of at least 4 members (excludes halogenated alkanes) is 1. The zero-order valence-corrected chi connectivity index (χ0v) is 7.64. The highest BCUT2D eigenvalue weighted by molar-refractivity contribution is 5.93. The van der Waals surface area contributed by atoms with Crippen LogP contribution in [0.1, 0.15) is 33.1 Å². The first-order chi connectivity index (χ1) is 5.66. The summed E-state index contributed by atoms with van der Waals surface area (Å²) in [7, 11) is 0. The number of rotatable bonds is 3. The summed E-state index contributed by atoms with van der Waals surface area (Å²) < 4.78 is 4.88. The van der Waals surface area contributed by atoms with Crippen LogP contribution in [0.3, 0.4) is 0 Å². The van der Waals surface area contributed by atoms with E-state index in [1.54, 1.807) is 6.92 Å². The van der Waals surface area contributed by atoms with E-state index in [1.165, 1.54) is 0 Å². The Kier molecular flexibility index (Phi) is 2.69. The maximum Gasteiger partial charge on any atom is 0.339 e. The molecule has 1 aliphatic heterocycles. The highest BCUT2D eigenvalue weighted by atomic mass is 16.5. The van der Waals surface area contributed by atoms with E-state index in [9.17, 15) is 4.79 Å². The van der Waals surface area contributed by atoms with E-state index in [1.807, 2.05) is 0 Å². The van der Waals surface area contributed by atoms with Crippen LogP contribution in [0.2, 0.25) is 0 Å². The van der Waals surface area contributed by atoms with Crippen LogP contribution in [0.15, 0.2) is 23.5 Å². The Morgan fingerprint density at radius 1 is 1.50 bits per heavy atom. The van der Waals surface area contributed by atoms with Crippen LogP contribution in [0.4, 0.5) is 0 Å². The van der Waals surface area contributed by atoms with Gasteiger partial charge in [-0.2, -0.15) is 0 Å². The average molecular weight is 166 g/mol. The van der Waals surface area contributed by atoms with Gasteiger partial charge in [0.2, 0.25) is 0 Å². The molecule has 0 amide bonds. The fourth-order valence-electron chi connectivity index (χ4n) is 1.26. The largest absolute Gasteiger partial charge is 0.424 e. The number of carbonyl (C=O) groups excluding carboxylic acids is 1. The smallest absolute Gasteiger partial charge is 0.339 e. The highest BCUT2D eigenvalue weighted by Gasteiger charge is 2.23. The zero-order chi connectivity index (χ0) is 9.14. The lowest BCUT2D eigenvalue weighted by atomic mass is 10.0. The first kappa shape index (κ1) is 9.04. The van der Waals surface area contributed by atoms with Crippen LogP contribution < -0.4 is 0 Å². The minimum absolute atomic E-state index is 0.230. The third-order valence-corrected chi connectivity index (χ3v) is 2.09. The van der Waals surface area contributed by atoms with Crippen molar-refractivity contribution >= 4 is 5.97 Å². The summed E-state index contributed by atoms with van der Waals surface area (Å²) in [6.07, 6.45) is 3.12. The number of carbonyl (C=O) groups is 1. The SMILES string of the molecule is C=C1OC(=O)C(C)=C1CCCC. The summed E-state index contributed by atoms with van der Waals surface area (Å²) >= 11 is 0. The van der Waals surface area contributed by atoms with Gasteiger partial charge in [0, 0.05) is 11.1 Å². The number of allylic oxidation sites excluding steroid dienone is 1. The van der Waals surface area contributed by atoms with E-state index < -0.39 is 0 Å². The Labute approximate surface area is 72.9 Å². The van der Waals surface area contributed by atoms with E-state index in [-0.39, 0.29) is 5.97 Å². The predicted octanol–water partition coefficient (Wildman–Crippen LogP) is 2.56. The van der Waals surface area contributed by atoms with E-state index in [4.69, 9.17) is 4.74 Å². The van der Waals surface area contributed by atoms with Crippen molar-refractivity contribution in [2.75, 3.05) is 0 Å². The normalized spacial score (nSPS) is 17.2. The molecule has 0 atom stereocenters. The van der Waals surface area contributed by atoms with Gasteiger partial charge in [-0.15, -0.1) is 0 Å². The molecule has 2 heteroatoms. The topological polar surface area (TPSA) is 26.3 Å². The van der Waals surface area contributed by atoms with Crippen LogP contribution in [-0.2, 0) is 9.53 Å². The van der Waals surface area contributed by atoms with Crippen LogP contribution in [0, 0.1) is 0 Å². The highest BCUT2D eigenvalue weighted by Crippen LogP contribution is 2.28. The van der Waals surface area contributed by atoms with E-state index in [0.717, 1.165) is 30.4 Å². The zero-order valence-electron chi connectivity index (χ0n) is 7.64. The second-order valence-electron chi connectivity index (χ2n) is 3.02. The quantitative estimate of drug-likeness (QED) is 0.602. The molecule has 0 radical (unpaired) electrons. The lowest BCUT2D eigenvalue weighted by molar-refractivity contribution is -0.133. The number of esters is 1. The van der Waals surface area contributed by atoms with E-state index in [2.05, 4.69) is 13.5 Å². The lowest BCUT2D eigenvalue weighted by Crippen LogP contribution is -1.94. The summed E-state index contributed by atoms with van der Waals surface area (Å²) in [4.78, 5) is 11.0. The maximum absolute atomic E-state index is 11.0. The molecule has 0 N–H and O–H groups in total. The Bertz CT molecular complexity index is 249. The molecule has 0 saturated heterocycles. The van der Waals surface area contributed by atoms with Crippen molar-refractivity contribution in [3.05, 3.63) is 23.5 Å². The van der Waals surface area contributed by atoms with Crippen molar-refractivity contribution in [2.45, 2.75) is 33.1 Å². The molecule has 1 heterocycles. The van der Waals surface area contributed by atoms with Crippen LogP contribution in [-0.4, -0.2) is 5.97 Å². The maximum atomic E-state index is 11.0. The van der Waals surface area contributed by atoms with Crippen molar-refractivity contribution in [1.82, 2.24) is 0 Å². The molecule has 0 fully saturated rings. The molecular formula is C10H14O2. The van der Waals surface area contributed by atoms with Crippen LogP contribution in [0.25, 0.3) is 0 Å². The third kappa shape index (κ3) is 1.58. The Balaban J connectivity index is 2.71. The number of ether oxygens (including phenoxy) is 1. The first-order valence-electron chi connectivity index (χ1n) is 4.28. The molecule has 66 valence electrons. The van der Waals surface area contributed by atoms with Crippen molar-refractivity contribution in [3.8, 4) is 0 Å². The fourth-order valence-corrected chi connectivity index (χ4v) is 1.26. The van der Waals surface area contributed by atoms with Crippen molar-refractivity contribution < 1.29 is 9.53 Å². The lowest BCUT2D eigenvalue weighted by Gasteiger charge is -2.00. The molecule has 0 saturated carbocycles. The van der Waals surface area contributed by atoms with Gasteiger partial charge in [-0.3, -0.25) is 0 Å². The summed E-state index contributed by atoms with van der Waals surface area (Å²) in [6, 6.07) is 0. The van der Waals surface area contributed by atoms with Gasteiger partial charge in [-0.25, -0.2) is 4.79 Å². The van der Waals surface area contributed by atoms with E-state index in [0.29, 0.717) is 5.76 Å². The van der Waals surface area contributed by atoms with E-state index >= 15 is 0 Å². The minimum Gasteiger partial charge on any atom is -0.424 e. The molecule has 1 aliphatic rings. The second-order valence-corrected chi connectivity index (χ2v) is 3.02.